The van der Waals surface area contributed by atoms with Crippen LogP contribution in [0.2, 0.25) is 0 Å². The third-order valence-electron chi connectivity index (χ3n) is 3.43. The third kappa shape index (κ3) is 2.64. The van der Waals surface area contributed by atoms with Gasteiger partial charge in [0.15, 0.2) is 5.82 Å². The summed E-state index contributed by atoms with van der Waals surface area (Å²) in [5, 5.41) is 7.32. The first kappa shape index (κ1) is 12.6. The van der Waals surface area contributed by atoms with Crippen LogP contribution in [-0.4, -0.2) is 34.3 Å². The lowest BCUT2D eigenvalue weighted by molar-refractivity contribution is 0.496. The van der Waals surface area contributed by atoms with Crippen LogP contribution in [0, 0.1) is 0 Å². The highest BCUT2D eigenvalue weighted by Crippen LogP contribution is 2.26. The summed E-state index contributed by atoms with van der Waals surface area (Å²) in [5.74, 6) is 1.55. The molecular weight excluding hydrogens is 306 g/mol. The van der Waals surface area contributed by atoms with Crippen LogP contribution in [0.5, 0.6) is 0 Å². The van der Waals surface area contributed by atoms with Crippen LogP contribution in [0.3, 0.4) is 0 Å². The number of piperidine rings is 1. The zero-order valence-corrected chi connectivity index (χ0v) is 12.1. The number of anilines is 1. The Labute approximate surface area is 120 Å². The average molecular weight is 322 g/mol. The highest BCUT2D eigenvalue weighted by atomic mass is 79.9. The number of halogens is 1. The zero-order chi connectivity index (χ0) is 13.2. The second-order valence-electron chi connectivity index (χ2n) is 4.79. The number of nitrogens with one attached hydrogen (secondary N) is 1. The van der Waals surface area contributed by atoms with Gasteiger partial charge in [-0.25, -0.2) is 0 Å². The molecule has 1 aliphatic rings. The van der Waals surface area contributed by atoms with E-state index < -0.39 is 0 Å². The van der Waals surface area contributed by atoms with E-state index in [0.717, 1.165) is 47.7 Å². The largest absolute Gasteiger partial charge is 0.339 e. The summed E-state index contributed by atoms with van der Waals surface area (Å²) >= 11 is 3.53. The molecule has 0 amide bonds. The predicted octanol–water partition coefficient (Wildman–Crippen LogP) is 2.16. The molecule has 1 aromatic heterocycles. The molecule has 2 aromatic rings. The van der Waals surface area contributed by atoms with E-state index in [1.807, 2.05) is 24.3 Å². The van der Waals surface area contributed by atoms with Gasteiger partial charge in [0.2, 0.25) is 5.95 Å². The maximum absolute atomic E-state index is 5.91. The highest BCUT2D eigenvalue weighted by molar-refractivity contribution is 9.10. The Morgan fingerprint density at radius 2 is 2.00 bits per heavy atom. The van der Waals surface area contributed by atoms with E-state index in [1.165, 1.54) is 0 Å². The van der Waals surface area contributed by atoms with Crippen molar-refractivity contribution in [1.29, 1.82) is 0 Å². The van der Waals surface area contributed by atoms with Crippen LogP contribution in [0.15, 0.2) is 28.7 Å². The summed E-state index contributed by atoms with van der Waals surface area (Å²) in [7, 11) is 0. The third-order valence-corrected chi connectivity index (χ3v) is 4.12. The van der Waals surface area contributed by atoms with Crippen molar-refractivity contribution in [2.24, 2.45) is 5.73 Å². The molecule has 2 heterocycles. The van der Waals surface area contributed by atoms with Gasteiger partial charge in [-0.15, -0.1) is 5.10 Å². The van der Waals surface area contributed by atoms with Gasteiger partial charge in [0.1, 0.15) is 0 Å². The Morgan fingerprint density at radius 1 is 1.26 bits per heavy atom. The second-order valence-corrected chi connectivity index (χ2v) is 5.64. The van der Waals surface area contributed by atoms with E-state index in [-0.39, 0.29) is 0 Å². The molecule has 3 rings (SSSR count). The standard InChI is InChI=1S/C13H16BrN5/c14-11-4-2-1-3-10(11)12-16-13(18-17-12)19-7-5-9(15)6-8-19/h1-4,9H,5-8,15H2,(H,16,17,18). The van der Waals surface area contributed by atoms with Crippen LogP contribution < -0.4 is 10.6 Å². The van der Waals surface area contributed by atoms with E-state index in [2.05, 4.69) is 36.0 Å². The first-order chi connectivity index (χ1) is 9.24. The molecule has 100 valence electrons. The van der Waals surface area contributed by atoms with Crippen molar-refractivity contribution in [1.82, 2.24) is 15.2 Å². The van der Waals surface area contributed by atoms with E-state index in [1.54, 1.807) is 0 Å². The molecule has 1 fully saturated rings. The Kier molecular flexibility index (Phi) is 3.52. The number of aromatic nitrogens is 3. The first-order valence-corrected chi connectivity index (χ1v) is 7.21. The van der Waals surface area contributed by atoms with Crippen LogP contribution in [-0.2, 0) is 0 Å². The lowest BCUT2D eigenvalue weighted by Gasteiger charge is -2.28. The van der Waals surface area contributed by atoms with Gasteiger partial charge in [0.05, 0.1) is 0 Å². The molecule has 0 spiro atoms. The van der Waals surface area contributed by atoms with Crippen molar-refractivity contribution in [2.75, 3.05) is 18.0 Å². The molecule has 1 aromatic carbocycles. The number of hydrogen-bond acceptors (Lipinski definition) is 4. The Bertz CT molecular complexity index is 560. The lowest BCUT2D eigenvalue weighted by Crippen LogP contribution is -2.40. The summed E-state index contributed by atoms with van der Waals surface area (Å²) in [5.41, 5.74) is 6.93. The number of aromatic amines is 1. The number of nitrogens with zero attached hydrogens (tertiary/aromatic N) is 3. The number of nitrogens with two attached hydrogens (primary N) is 1. The number of benzene rings is 1. The van der Waals surface area contributed by atoms with E-state index in [0.29, 0.717) is 6.04 Å². The molecule has 3 N–H and O–H groups in total. The fourth-order valence-corrected chi connectivity index (χ4v) is 2.74. The quantitative estimate of drug-likeness (QED) is 0.889. The van der Waals surface area contributed by atoms with Crippen molar-refractivity contribution in [3.63, 3.8) is 0 Å². The topological polar surface area (TPSA) is 70.8 Å². The van der Waals surface area contributed by atoms with Crippen LogP contribution in [0.25, 0.3) is 11.4 Å². The van der Waals surface area contributed by atoms with E-state index in [9.17, 15) is 0 Å². The number of H-pyrrole nitrogens is 1. The predicted molar refractivity (Wildman–Crippen MR) is 78.9 cm³/mol. The van der Waals surface area contributed by atoms with Gasteiger partial charge < -0.3 is 10.6 Å². The molecular formula is C13H16BrN5. The van der Waals surface area contributed by atoms with Gasteiger partial charge in [-0.2, -0.15) is 4.98 Å². The van der Waals surface area contributed by atoms with Crippen molar-refractivity contribution < 1.29 is 0 Å². The fourth-order valence-electron chi connectivity index (χ4n) is 2.27. The molecule has 19 heavy (non-hydrogen) atoms. The first-order valence-electron chi connectivity index (χ1n) is 6.42. The number of rotatable bonds is 2. The molecule has 0 bridgehead atoms. The monoisotopic (exact) mass is 321 g/mol. The molecule has 6 heteroatoms. The minimum Gasteiger partial charge on any atom is -0.339 e. The van der Waals surface area contributed by atoms with Gasteiger partial charge in [0.25, 0.3) is 0 Å². The Hall–Kier alpha value is -1.40. The van der Waals surface area contributed by atoms with E-state index in [4.69, 9.17) is 5.73 Å². The van der Waals surface area contributed by atoms with Gasteiger partial charge >= 0.3 is 0 Å². The molecule has 0 aliphatic carbocycles. The lowest BCUT2D eigenvalue weighted by atomic mass is 10.1. The van der Waals surface area contributed by atoms with Crippen LogP contribution in [0.4, 0.5) is 5.95 Å². The summed E-state index contributed by atoms with van der Waals surface area (Å²) in [4.78, 5) is 6.76. The minimum atomic E-state index is 0.318. The van der Waals surface area contributed by atoms with Crippen molar-refractivity contribution in [3.05, 3.63) is 28.7 Å². The Balaban J connectivity index is 1.82. The summed E-state index contributed by atoms with van der Waals surface area (Å²) in [6.45, 7) is 1.85. The smallest absolute Gasteiger partial charge is 0.245 e. The van der Waals surface area contributed by atoms with Gasteiger partial charge in [0, 0.05) is 29.2 Å². The van der Waals surface area contributed by atoms with E-state index >= 15 is 0 Å². The summed E-state index contributed by atoms with van der Waals surface area (Å²) < 4.78 is 1.01. The summed E-state index contributed by atoms with van der Waals surface area (Å²) in [6, 6.07) is 8.30. The SMILES string of the molecule is NC1CCN(c2n[nH]c(-c3ccccc3Br)n2)CC1. The maximum atomic E-state index is 5.91. The van der Waals surface area contributed by atoms with Gasteiger partial charge in [-0.3, -0.25) is 5.10 Å². The van der Waals surface area contributed by atoms with Crippen molar-refractivity contribution in [2.45, 2.75) is 18.9 Å². The molecule has 0 unspecified atom stereocenters. The molecule has 1 saturated heterocycles. The average Bonchev–Trinajstić information content (AvgIpc) is 2.89. The van der Waals surface area contributed by atoms with Crippen molar-refractivity contribution in [3.8, 4) is 11.4 Å². The van der Waals surface area contributed by atoms with Gasteiger partial charge in [-0.1, -0.05) is 34.1 Å². The molecule has 5 nitrogen and oxygen atoms in total. The maximum Gasteiger partial charge on any atom is 0.245 e. The van der Waals surface area contributed by atoms with Crippen LogP contribution in [0.1, 0.15) is 12.8 Å². The molecule has 0 saturated carbocycles. The van der Waals surface area contributed by atoms with Crippen LogP contribution >= 0.6 is 15.9 Å². The summed E-state index contributed by atoms with van der Waals surface area (Å²) in [6.07, 6.45) is 2.00. The van der Waals surface area contributed by atoms with Crippen molar-refractivity contribution >= 4 is 21.9 Å². The Morgan fingerprint density at radius 3 is 2.74 bits per heavy atom. The fraction of sp³-hybridized carbons (Fsp3) is 0.385. The second kappa shape index (κ2) is 5.30. The number of hydrogen-bond donors (Lipinski definition) is 2. The minimum absolute atomic E-state index is 0.318. The molecule has 0 atom stereocenters. The highest BCUT2D eigenvalue weighted by Gasteiger charge is 2.20. The molecule has 1 aliphatic heterocycles. The van der Waals surface area contributed by atoms with Gasteiger partial charge in [-0.05, 0) is 18.9 Å². The molecule has 0 radical (unpaired) electrons. The normalized spacial score (nSPS) is 16.8. The zero-order valence-electron chi connectivity index (χ0n) is 10.5.